The van der Waals surface area contributed by atoms with E-state index in [1.165, 1.54) is 0 Å². The molecule has 0 fully saturated rings. The lowest BCUT2D eigenvalue weighted by Gasteiger charge is -2.15. The number of alkyl carbamates (subject to hydrolysis) is 1. The lowest BCUT2D eigenvalue weighted by Crippen LogP contribution is -2.39. The normalized spacial score (nSPS) is 12.2. The molecule has 0 aromatic heterocycles. The van der Waals surface area contributed by atoms with Gasteiger partial charge in [0.25, 0.3) is 0 Å². The molecule has 1 aromatic rings. The molecule has 0 saturated carbocycles. The molecular weight excluding hydrogens is 277 g/mol. The maximum absolute atomic E-state index is 12.4. The average molecular weight is 288 g/mol. The predicted octanol–water partition coefficient (Wildman–Crippen LogP) is 3.15. The molecule has 20 heavy (non-hydrogen) atoms. The van der Waals surface area contributed by atoms with Crippen molar-refractivity contribution in [3.8, 4) is 0 Å². The van der Waals surface area contributed by atoms with Gasteiger partial charge in [0.05, 0.1) is 0 Å². The SMILES string of the molecule is [N-]=[N+]=N[C@@H](CNC(=O)OCc1ccccc1)C(F)(F)F. The molecule has 0 radical (unpaired) electrons. The molecule has 0 saturated heterocycles. The standard InChI is InChI=1S/C11H11F3N4O2/c12-11(13,14)9(17-18-15)6-16-10(19)20-7-8-4-2-1-3-5-8/h1-5,9H,6-7H2,(H,16,19)/t9-/m0/s1. The first-order chi connectivity index (χ1) is 9.43. The summed E-state index contributed by atoms with van der Waals surface area (Å²) < 4.78 is 41.8. The van der Waals surface area contributed by atoms with Gasteiger partial charge >= 0.3 is 12.3 Å². The molecule has 0 unspecified atom stereocenters. The Morgan fingerprint density at radius 1 is 1.40 bits per heavy atom. The zero-order chi connectivity index (χ0) is 15.0. The van der Waals surface area contributed by atoms with Crippen molar-refractivity contribution >= 4 is 6.09 Å². The third-order valence-electron chi connectivity index (χ3n) is 2.22. The van der Waals surface area contributed by atoms with Crippen molar-refractivity contribution in [1.29, 1.82) is 0 Å². The van der Waals surface area contributed by atoms with Crippen LogP contribution in [0.1, 0.15) is 5.56 Å². The maximum Gasteiger partial charge on any atom is 0.407 e. The molecule has 1 rings (SSSR count). The number of ether oxygens (including phenoxy) is 1. The lowest BCUT2D eigenvalue weighted by molar-refractivity contribution is -0.145. The van der Waals surface area contributed by atoms with Crippen LogP contribution in [0.2, 0.25) is 0 Å². The van der Waals surface area contributed by atoms with E-state index in [-0.39, 0.29) is 6.61 Å². The van der Waals surface area contributed by atoms with E-state index >= 15 is 0 Å². The Hall–Kier alpha value is -2.41. The largest absolute Gasteiger partial charge is 0.445 e. The van der Waals surface area contributed by atoms with Crippen molar-refractivity contribution in [1.82, 2.24) is 5.32 Å². The molecule has 9 heteroatoms. The molecule has 1 atom stereocenters. The summed E-state index contributed by atoms with van der Waals surface area (Å²) in [6.07, 6.45) is -5.74. The first kappa shape index (κ1) is 15.6. The lowest BCUT2D eigenvalue weighted by atomic mass is 10.2. The van der Waals surface area contributed by atoms with Crippen molar-refractivity contribution < 1.29 is 22.7 Å². The van der Waals surface area contributed by atoms with E-state index < -0.39 is 24.9 Å². The second-order valence-electron chi connectivity index (χ2n) is 3.70. The minimum absolute atomic E-state index is 0.0646. The van der Waals surface area contributed by atoms with Crippen LogP contribution in [0.3, 0.4) is 0 Å². The topological polar surface area (TPSA) is 87.1 Å². The number of nitrogens with one attached hydrogen (secondary N) is 1. The Kier molecular flexibility index (Phi) is 5.67. The maximum atomic E-state index is 12.4. The summed E-state index contributed by atoms with van der Waals surface area (Å²) >= 11 is 0. The van der Waals surface area contributed by atoms with E-state index in [4.69, 9.17) is 10.3 Å². The van der Waals surface area contributed by atoms with Gasteiger partial charge in [0.15, 0.2) is 6.04 Å². The number of carbonyl (C=O) groups is 1. The number of rotatable bonds is 5. The van der Waals surface area contributed by atoms with Gasteiger partial charge < -0.3 is 10.1 Å². The van der Waals surface area contributed by atoms with Crippen molar-refractivity contribution in [3.63, 3.8) is 0 Å². The second kappa shape index (κ2) is 7.25. The number of azide groups is 1. The highest BCUT2D eigenvalue weighted by atomic mass is 19.4. The first-order valence-corrected chi connectivity index (χ1v) is 5.49. The average Bonchev–Trinajstić information content (AvgIpc) is 2.41. The minimum atomic E-state index is -4.72. The van der Waals surface area contributed by atoms with Gasteiger partial charge in [0.2, 0.25) is 0 Å². The molecule has 0 heterocycles. The number of halogens is 3. The number of hydrogen-bond acceptors (Lipinski definition) is 3. The van der Waals surface area contributed by atoms with Crippen LogP contribution in [0.15, 0.2) is 35.4 Å². The van der Waals surface area contributed by atoms with Gasteiger partial charge in [-0.05, 0) is 11.1 Å². The molecule has 108 valence electrons. The Morgan fingerprint density at radius 2 is 2.05 bits per heavy atom. The summed E-state index contributed by atoms with van der Waals surface area (Å²) in [6, 6.07) is 6.32. The fourth-order valence-electron chi connectivity index (χ4n) is 1.24. The van der Waals surface area contributed by atoms with Crippen LogP contribution in [0.4, 0.5) is 18.0 Å². The smallest absolute Gasteiger partial charge is 0.407 e. The Bertz CT molecular complexity index is 486. The zero-order valence-electron chi connectivity index (χ0n) is 10.2. The zero-order valence-corrected chi connectivity index (χ0v) is 10.2. The van der Waals surface area contributed by atoms with Crippen LogP contribution in [-0.4, -0.2) is 24.9 Å². The van der Waals surface area contributed by atoms with Gasteiger partial charge in [0, 0.05) is 11.5 Å². The molecule has 0 aliphatic rings. The van der Waals surface area contributed by atoms with Crippen LogP contribution >= 0.6 is 0 Å². The number of alkyl halides is 3. The highest BCUT2D eigenvalue weighted by Crippen LogP contribution is 2.22. The van der Waals surface area contributed by atoms with E-state index in [0.717, 1.165) is 0 Å². The van der Waals surface area contributed by atoms with Crippen molar-refractivity contribution in [2.75, 3.05) is 6.54 Å². The van der Waals surface area contributed by atoms with Gasteiger partial charge in [-0.25, -0.2) is 4.79 Å². The predicted molar refractivity (Wildman–Crippen MR) is 63.6 cm³/mol. The van der Waals surface area contributed by atoms with E-state index in [1.807, 2.05) is 5.32 Å². The third kappa shape index (κ3) is 5.49. The van der Waals surface area contributed by atoms with Crippen LogP contribution < -0.4 is 5.32 Å². The Morgan fingerprint density at radius 3 is 2.60 bits per heavy atom. The molecule has 0 spiro atoms. The van der Waals surface area contributed by atoms with Crippen LogP contribution in [0.25, 0.3) is 10.4 Å². The van der Waals surface area contributed by atoms with Crippen molar-refractivity contribution in [2.45, 2.75) is 18.8 Å². The molecule has 0 aliphatic heterocycles. The summed E-state index contributed by atoms with van der Waals surface area (Å²) in [5, 5.41) is 4.47. The summed E-state index contributed by atoms with van der Waals surface area (Å²) in [4.78, 5) is 13.3. The van der Waals surface area contributed by atoms with Gasteiger partial charge in [-0.3, -0.25) is 0 Å². The summed E-state index contributed by atoms with van der Waals surface area (Å²) in [6.45, 7) is -0.938. The fraction of sp³-hybridized carbons (Fsp3) is 0.364. The summed E-state index contributed by atoms with van der Waals surface area (Å²) in [5.74, 6) is 0. The number of carbonyl (C=O) groups excluding carboxylic acids is 1. The van der Waals surface area contributed by atoms with E-state index in [2.05, 4.69) is 10.0 Å². The minimum Gasteiger partial charge on any atom is -0.445 e. The number of nitrogens with zero attached hydrogens (tertiary/aromatic N) is 3. The molecule has 0 bridgehead atoms. The highest BCUT2D eigenvalue weighted by Gasteiger charge is 2.39. The summed E-state index contributed by atoms with van der Waals surface area (Å²) in [7, 11) is 0. The van der Waals surface area contributed by atoms with Crippen molar-refractivity contribution in [2.24, 2.45) is 5.11 Å². The molecular formula is C11H11F3N4O2. The molecule has 6 nitrogen and oxygen atoms in total. The van der Waals surface area contributed by atoms with Gasteiger partial charge in [-0.2, -0.15) is 13.2 Å². The van der Waals surface area contributed by atoms with Crippen LogP contribution in [0.5, 0.6) is 0 Å². The van der Waals surface area contributed by atoms with Gasteiger partial charge in [-0.1, -0.05) is 35.4 Å². The van der Waals surface area contributed by atoms with Crippen LogP contribution in [-0.2, 0) is 11.3 Å². The highest BCUT2D eigenvalue weighted by molar-refractivity contribution is 5.67. The van der Waals surface area contributed by atoms with Gasteiger partial charge in [0.1, 0.15) is 6.61 Å². The monoisotopic (exact) mass is 288 g/mol. The Balaban J connectivity index is 2.40. The molecule has 0 aliphatic carbocycles. The van der Waals surface area contributed by atoms with Gasteiger partial charge in [-0.15, -0.1) is 0 Å². The third-order valence-corrected chi connectivity index (χ3v) is 2.22. The summed E-state index contributed by atoms with van der Waals surface area (Å²) in [5.41, 5.74) is 8.73. The van der Waals surface area contributed by atoms with Crippen LogP contribution in [0, 0.1) is 0 Å². The van der Waals surface area contributed by atoms with Crippen molar-refractivity contribution in [3.05, 3.63) is 46.3 Å². The quantitative estimate of drug-likeness (QED) is 0.512. The molecule has 1 amide bonds. The van der Waals surface area contributed by atoms with E-state index in [1.54, 1.807) is 30.3 Å². The van der Waals surface area contributed by atoms with E-state index in [9.17, 15) is 18.0 Å². The number of amides is 1. The fourth-order valence-corrected chi connectivity index (χ4v) is 1.24. The molecule has 1 aromatic carbocycles. The first-order valence-electron chi connectivity index (χ1n) is 5.49. The Labute approximate surface area is 112 Å². The number of hydrogen-bond donors (Lipinski definition) is 1. The number of benzene rings is 1. The second-order valence-corrected chi connectivity index (χ2v) is 3.70. The molecule has 1 N–H and O–H groups in total. The van der Waals surface area contributed by atoms with E-state index in [0.29, 0.717) is 5.56 Å².